The van der Waals surface area contributed by atoms with Crippen LogP contribution in [0.5, 0.6) is 23.0 Å². The van der Waals surface area contributed by atoms with E-state index in [0.717, 1.165) is 11.1 Å². The van der Waals surface area contributed by atoms with Crippen LogP contribution in [-0.2, 0) is 4.79 Å². The number of benzene rings is 5. The van der Waals surface area contributed by atoms with Crippen LogP contribution in [0.1, 0.15) is 57.5 Å². The summed E-state index contributed by atoms with van der Waals surface area (Å²) < 4.78 is 23.1. The van der Waals surface area contributed by atoms with Gasteiger partial charge in [0, 0.05) is 36.3 Å². The van der Waals surface area contributed by atoms with Crippen molar-refractivity contribution in [1.29, 1.82) is 0 Å². The number of ether oxygens (including phenoxy) is 4. The summed E-state index contributed by atoms with van der Waals surface area (Å²) in [5.74, 6) is 3.07. The van der Waals surface area contributed by atoms with Crippen LogP contribution in [-0.4, -0.2) is 34.2 Å². The number of hydrogen-bond donors (Lipinski definition) is 0. The Hall–Kier alpha value is -4.60. The summed E-state index contributed by atoms with van der Waals surface area (Å²) >= 11 is 0. The number of ketones is 1. The molecule has 1 fully saturated rings. The summed E-state index contributed by atoms with van der Waals surface area (Å²) in [6, 6.07) is 32.0. The van der Waals surface area contributed by atoms with Gasteiger partial charge >= 0.3 is 0 Å². The lowest BCUT2D eigenvalue weighted by Crippen LogP contribution is -2.26. The summed E-state index contributed by atoms with van der Waals surface area (Å²) in [7, 11) is 5.57. The molecule has 0 amide bonds. The Labute approximate surface area is 292 Å². The van der Waals surface area contributed by atoms with Gasteiger partial charge in [-0.15, -0.1) is 0 Å². The summed E-state index contributed by atoms with van der Waals surface area (Å²) in [5, 5.41) is 1.30. The highest BCUT2D eigenvalue weighted by Gasteiger charge is 2.42. The van der Waals surface area contributed by atoms with Gasteiger partial charge in [-0.05, 0) is 113 Å². The van der Waals surface area contributed by atoms with E-state index in [9.17, 15) is 4.79 Å². The van der Waals surface area contributed by atoms with Gasteiger partial charge in [0.25, 0.3) is 0 Å². The average molecular weight is 673 g/mol. The van der Waals surface area contributed by atoms with Gasteiger partial charge < -0.3 is 18.9 Å². The molecule has 0 aromatic heterocycles. The summed E-state index contributed by atoms with van der Waals surface area (Å²) in [6.07, 6.45) is 0.847. The molecule has 0 spiro atoms. The van der Waals surface area contributed by atoms with Crippen LogP contribution in [0.3, 0.4) is 0 Å². The molecule has 252 valence electrons. The Morgan fingerprint density at radius 1 is 0.510 bits per heavy atom. The van der Waals surface area contributed by atoms with E-state index in [4.69, 9.17) is 18.9 Å². The Kier molecular flexibility index (Phi) is 10.1. The number of hydrogen-bond acceptors (Lipinski definition) is 5. The Bertz CT molecular complexity index is 1790. The third-order valence-corrected chi connectivity index (χ3v) is 13.1. The lowest BCUT2D eigenvalue weighted by atomic mass is 9.90. The van der Waals surface area contributed by atoms with E-state index in [2.05, 4.69) is 107 Å². The topological polar surface area (TPSA) is 54.0 Å². The quantitative estimate of drug-likeness (QED) is 0.146. The largest absolute Gasteiger partial charge is 0.497 e. The Morgan fingerprint density at radius 2 is 0.837 bits per heavy atom. The monoisotopic (exact) mass is 672 g/mol. The highest BCUT2D eigenvalue weighted by atomic mass is 31.1. The average Bonchev–Trinajstić information content (AvgIpc) is 3.10. The predicted molar refractivity (Wildman–Crippen MR) is 202 cm³/mol. The summed E-state index contributed by atoms with van der Waals surface area (Å²) in [6.45, 7) is 8.79. The number of aryl methyl sites for hydroxylation is 4. The predicted octanol–water partition coefficient (Wildman–Crippen LogP) is 10.2. The van der Waals surface area contributed by atoms with Gasteiger partial charge in [-0.25, -0.2) is 0 Å². The molecule has 6 heteroatoms. The molecule has 1 saturated heterocycles. The van der Waals surface area contributed by atoms with Gasteiger partial charge in [0.15, 0.2) is 0 Å². The zero-order valence-electron chi connectivity index (χ0n) is 29.7. The van der Waals surface area contributed by atoms with Crippen molar-refractivity contribution in [1.82, 2.24) is 0 Å². The fourth-order valence-corrected chi connectivity index (χ4v) is 11.3. The maximum atomic E-state index is 14.0. The van der Waals surface area contributed by atoms with Gasteiger partial charge in [0.1, 0.15) is 28.8 Å². The molecule has 1 aliphatic heterocycles. The highest BCUT2D eigenvalue weighted by Crippen LogP contribution is 2.68. The third-order valence-electron chi connectivity index (χ3n) is 9.83. The SMILES string of the molecule is COc1cc(OC)cc(C2CC(=O)CC(c3cc(OC)cc(OC)c3)P2c2c(-c3c(C)cccc3C)cccc2-c2c(C)cccc2C)c1. The van der Waals surface area contributed by atoms with Crippen molar-refractivity contribution in [3.63, 3.8) is 0 Å². The number of carbonyl (C=O) groups excluding carboxylic acids is 1. The van der Waals surface area contributed by atoms with Crippen LogP contribution in [0, 0.1) is 27.7 Å². The molecule has 0 bridgehead atoms. The Morgan fingerprint density at radius 3 is 1.16 bits per heavy atom. The molecule has 5 aromatic rings. The van der Waals surface area contributed by atoms with Gasteiger partial charge in [-0.1, -0.05) is 62.5 Å². The van der Waals surface area contributed by atoms with Crippen LogP contribution in [0.25, 0.3) is 22.3 Å². The maximum absolute atomic E-state index is 14.0. The molecule has 49 heavy (non-hydrogen) atoms. The molecule has 6 rings (SSSR count). The highest BCUT2D eigenvalue weighted by molar-refractivity contribution is 7.67. The second kappa shape index (κ2) is 14.5. The van der Waals surface area contributed by atoms with Gasteiger partial charge in [-0.2, -0.15) is 0 Å². The lowest BCUT2D eigenvalue weighted by Gasteiger charge is -2.41. The van der Waals surface area contributed by atoms with Crippen LogP contribution in [0.15, 0.2) is 91.0 Å². The molecule has 0 saturated carbocycles. The van der Waals surface area contributed by atoms with Gasteiger partial charge in [-0.3, -0.25) is 4.79 Å². The first-order valence-electron chi connectivity index (χ1n) is 16.7. The molecule has 2 atom stereocenters. The van der Waals surface area contributed by atoms with E-state index in [0.29, 0.717) is 35.8 Å². The normalized spacial score (nSPS) is 17.5. The van der Waals surface area contributed by atoms with Gasteiger partial charge in [0.2, 0.25) is 0 Å². The molecule has 5 aromatic carbocycles. The van der Waals surface area contributed by atoms with E-state index in [1.165, 1.54) is 49.8 Å². The second-order valence-corrected chi connectivity index (χ2v) is 15.4. The van der Waals surface area contributed by atoms with Crippen molar-refractivity contribution in [3.8, 4) is 45.3 Å². The zero-order valence-corrected chi connectivity index (χ0v) is 30.6. The van der Waals surface area contributed by atoms with E-state index < -0.39 is 7.92 Å². The summed E-state index contributed by atoms with van der Waals surface area (Å²) in [4.78, 5) is 14.0. The minimum absolute atomic E-state index is 0.115. The molecule has 0 N–H and O–H groups in total. The van der Waals surface area contributed by atoms with E-state index in [1.807, 2.05) is 12.1 Å². The zero-order chi connectivity index (χ0) is 34.8. The van der Waals surface area contributed by atoms with Crippen molar-refractivity contribution < 1.29 is 23.7 Å². The van der Waals surface area contributed by atoms with Crippen LogP contribution < -0.4 is 24.3 Å². The molecular formula is C43H45O5P. The molecule has 1 aliphatic rings. The molecular weight excluding hydrogens is 627 g/mol. The minimum Gasteiger partial charge on any atom is -0.497 e. The molecule has 5 nitrogen and oxygen atoms in total. The molecule has 1 heterocycles. The van der Waals surface area contributed by atoms with Crippen molar-refractivity contribution >= 4 is 19.0 Å². The minimum atomic E-state index is -1.12. The number of rotatable bonds is 9. The van der Waals surface area contributed by atoms with Crippen molar-refractivity contribution in [2.45, 2.75) is 51.9 Å². The second-order valence-electron chi connectivity index (χ2n) is 12.9. The van der Waals surface area contributed by atoms with Crippen molar-refractivity contribution in [3.05, 3.63) is 124 Å². The number of carbonyl (C=O) groups is 1. The number of Topliss-reactive ketones (excluding diaryl/α,β-unsaturated/α-hetero) is 1. The van der Waals surface area contributed by atoms with Crippen LogP contribution in [0.4, 0.5) is 0 Å². The number of methoxy groups -OCH3 is 4. The Balaban J connectivity index is 1.76. The molecule has 0 radical (unpaired) electrons. The smallest absolute Gasteiger partial charge is 0.134 e. The van der Waals surface area contributed by atoms with E-state index in [-0.39, 0.29) is 17.1 Å². The van der Waals surface area contributed by atoms with E-state index in [1.54, 1.807) is 28.4 Å². The van der Waals surface area contributed by atoms with Crippen molar-refractivity contribution in [2.24, 2.45) is 0 Å². The standard InChI is InChI=1S/C43H45O5P/c1-26-12-9-13-27(2)41(26)37-16-11-17-38(42-28(3)14-10-15-29(42)4)43(37)49-39(30-18-33(45-5)24-34(19-30)46-6)22-32(44)23-40(49)31-20-35(47-7)25-36(21-31)48-8/h9-21,24-25,39-40H,22-23H2,1-8H3. The lowest BCUT2D eigenvalue weighted by molar-refractivity contribution is -0.119. The van der Waals surface area contributed by atoms with Crippen LogP contribution in [0.2, 0.25) is 0 Å². The molecule has 0 aliphatic carbocycles. The fourth-order valence-electron chi connectivity index (χ4n) is 7.54. The fraction of sp³-hybridized carbons (Fsp3) is 0.279. The van der Waals surface area contributed by atoms with E-state index >= 15 is 0 Å². The first-order valence-corrected chi connectivity index (χ1v) is 18.2. The van der Waals surface area contributed by atoms with Gasteiger partial charge in [0.05, 0.1) is 28.4 Å². The first kappa shape index (κ1) is 34.3. The molecule has 2 unspecified atom stereocenters. The third kappa shape index (κ3) is 6.70. The van der Waals surface area contributed by atoms with Crippen molar-refractivity contribution in [2.75, 3.05) is 28.4 Å². The maximum Gasteiger partial charge on any atom is 0.134 e. The summed E-state index contributed by atoms with van der Waals surface area (Å²) in [5.41, 5.74) is 11.7. The first-order chi connectivity index (χ1) is 23.7. The van der Waals surface area contributed by atoms with Crippen LogP contribution >= 0.6 is 7.92 Å².